The normalized spacial score (nSPS) is 18.5. The van der Waals surface area contributed by atoms with E-state index in [-0.39, 0.29) is 11.9 Å². The van der Waals surface area contributed by atoms with Crippen molar-refractivity contribution in [2.45, 2.75) is 38.1 Å². The maximum Gasteiger partial charge on any atom is 0.127 e. The molecule has 0 heterocycles. The number of benzene rings is 1. The highest BCUT2D eigenvalue weighted by atomic mass is 35.5. The molecule has 1 atom stereocenters. The second kappa shape index (κ2) is 5.80. The van der Waals surface area contributed by atoms with E-state index < -0.39 is 0 Å². The van der Waals surface area contributed by atoms with Crippen LogP contribution in [0.5, 0.6) is 0 Å². The lowest BCUT2D eigenvalue weighted by molar-refractivity contribution is 0.358. The van der Waals surface area contributed by atoms with Gasteiger partial charge in [0.05, 0.1) is 0 Å². The molecule has 2 nitrogen and oxygen atoms in total. The van der Waals surface area contributed by atoms with E-state index in [1.54, 1.807) is 12.1 Å². The Hall–Kier alpha value is -0.640. The summed E-state index contributed by atoms with van der Waals surface area (Å²) in [5.41, 5.74) is 3.52. The van der Waals surface area contributed by atoms with Crippen LogP contribution in [0.4, 0.5) is 4.39 Å². The number of hydrogen-bond donors (Lipinski definition) is 2. The number of rotatable bonds is 4. The van der Waals surface area contributed by atoms with E-state index in [9.17, 15) is 4.39 Å². The van der Waals surface area contributed by atoms with Crippen molar-refractivity contribution in [1.82, 2.24) is 5.43 Å². The molecule has 1 aromatic rings. The maximum atomic E-state index is 13.7. The Labute approximate surface area is 106 Å². The molecular weight excluding hydrogens is 239 g/mol. The molecule has 0 amide bonds. The van der Waals surface area contributed by atoms with Crippen LogP contribution in [0.15, 0.2) is 18.2 Å². The topological polar surface area (TPSA) is 38.0 Å². The Kier molecular flexibility index (Phi) is 4.37. The number of nitrogens with two attached hydrogens (primary N) is 1. The van der Waals surface area contributed by atoms with Crippen LogP contribution in [0.25, 0.3) is 0 Å². The third kappa shape index (κ3) is 3.18. The van der Waals surface area contributed by atoms with Crippen LogP contribution in [0.3, 0.4) is 0 Å². The van der Waals surface area contributed by atoms with Gasteiger partial charge in [0.1, 0.15) is 5.82 Å². The molecule has 0 spiro atoms. The van der Waals surface area contributed by atoms with Gasteiger partial charge in [-0.1, -0.05) is 30.5 Å². The fourth-order valence-corrected chi connectivity index (χ4v) is 2.80. The molecule has 17 heavy (non-hydrogen) atoms. The van der Waals surface area contributed by atoms with Crippen LogP contribution in [-0.4, -0.2) is 6.04 Å². The van der Waals surface area contributed by atoms with Crippen molar-refractivity contribution in [3.63, 3.8) is 0 Å². The zero-order valence-corrected chi connectivity index (χ0v) is 10.5. The smallest absolute Gasteiger partial charge is 0.127 e. The average Bonchev–Trinajstić information content (AvgIpc) is 2.81. The molecule has 0 radical (unpaired) electrons. The summed E-state index contributed by atoms with van der Waals surface area (Å²) in [6.07, 6.45) is 5.51. The van der Waals surface area contributed by atoms with Gasteiger partial charge >= 0.3 is 0 Å². The van der Waals surface area contributed by atoms with E-state index in [1.807, 2.05) is 0 Å². The Morgan fingerprint density at radius 2 is 2.12 bits per heavy atom. The lowest BCUT2D eigenvalue weighted by Crippen LogP contribution is -2.41. The molecule has 0 aromatic heterocycles. The first-order chi connectivity index (χ1) is 8.20. The largest absolute Gasteiger partial charge is 0.271 e. The monoisotopic (exact) mass is 256 g/mol. The summed E-state index contributed by atoms with van der Waals surface area (Å²) in [5.74, 6) is 5.91. The van der Waals surface area contributed by atoms with Crippen molar-refractivity contribution in [2.75, 3.05) is 0 Å². The van der Waals surface area contributed by atoms with E-state index in [4.69, 9.17) is 17.4 Å². The summed E-state index contributed by atoms with van der Waals surface area (Å²) in [6, 6.07) is 4.99. The minimum Gasteiger partial charge on any atom is -0.271 e. The van der Waals surface area contributed by atoms with Gasteiger partial charge < -0.3 is 0 Å². The molecule has 2 rings (SSSR count). The molecule has 94 valence electrons. The van der Waals surface area contributed by atoms with E-state index in [0.717, 1.165) is 0 Å². The number of halogens is 2. The van der Waals surface area contributed by atoms with Crippen molar-refractivity contribution in [3.05, 3.63) is 34.6 Å². The highest BCUT2D eigenvalue weighted by Gasteiger charge is 2.24. The first-order valence-corrected chi connectivity index (χ1v) is 6.48. The molecule has 1 unspecified atom stereocenters. The molecule has 1 aliphatic rings. The molecule has 4 heteroatoms. The molecule has 0 saturated heterocycles. The van der Waals surface area contributed by atoms with Crippen LogP contribution in [0, 0.1) is 11.7 Å². The van der Waals surface area contributed by atoms with Crippen LogP contribution in [0.1, 0.15) is 31.2 Å². The van der Waals surface area contributed by atoms with Gasteiger partial charge in [0.2, 0.25) is 0 Å². The average molecular weight is 257 g/mol. The van der Waals surface area contributed by atoms with Crippen molar-refractivity contribution in [1.29, 1.82) is 0 Å². The SMILES string of the molecule is NNC(Cc1ccc(Cl)cc1F)C1CCCC1. The summed E-state index contributed by atoms with van der Waals surface area (Å²) in [4.78, 5) is 0. The molecule has 0 aliphatic heterocycles. The second-order valence-corrected chi connectivity index (χ2v) is 5.19. The number of hydrazine groups is 1. The number of nitrogens with one attached hydrogen (secondary N) is 1. The van der Waals surface area contributed by atoms with Crippen LogP contribution in [0.2, 0.25) is 5.02 Å². The summed E-state index contributed by atoms with van der Waals surface area (Å²) in [7, 11) is 0. The summed E-state index contributed by atoms with van der Waals surface area (Å²) in [6.45, 7) is 0. The standard InChI is InChI=1S/C13H18ClFN2/c14-11-6-5-10(12(15)8-11)7-13(17-16)9-3-1-2-4-9/h5-6,8-9,13,17H,1-4,7,16H2. The lowest BCUT2D eigenvalue weighted by atomic mass is 9.92. The first-order valence-electron chi connectivity index (χ1n) is 6.10. The molecule has 3 N–H and O–H groups in total. The van der Waals surface area contributed by atoms with Crippen molar-refractivity contribution >= 4 is 11.6 Å². The van der Waals surface area contributed by atoms with Gasteiger partial charge in [-0.15, -0.1) is 0 Å². The predicted octanol–water partition coefficient (Wildman–Crippen LogP) is 3.04. The Morgan fingerprint density at radius 3 is 2.71 bits per heavy atom. The predicted molar refractivity (Wildman–Crippen MR) is 68.2 cm³/mol. The van der Waals surface area contributed by atoms with Gasteiger partial charge in [-0.25, -0.2) is 4.39 Å². The fourth-order valence-electron chi connectivity index (χ4n) is 2.65. The summed E-state index contributed by atoms with van der Waals surface area (Å²) < 4.78 is 13.7. The van der Waals surface area contributed by atoms with E-state index >= 15 is 0 Å². The van der Waals surface area contributed by atoms with Gasteiger partial charge in [0.25, 0.3) is 0 Å². The van der Waals surface area contributed by atoms with Gasteiger partial charge in [0, 0.05) is 11.1 Å². The Bertz CT molecular complexity index is 378. The molecular formula is C13H18ClFN2. The molecule has 1 aliphatic carbocycles. The summed E-state index contributed by atoms with van der Waals surface area (Å²) >= 11 is 5.73. The third-order valence-corrected chi connectivity index (χ3v) is 3.87. The zero-order chi connectivity index (χ0) is 12.3. The van der Waals surface area contributed by atoms with Crippen molar-refractivity contribution in [2.24, 2.45) is 11.8 Å². The van der Waals surface area contributed by atoms with Crippen LogP contribution in [-0.2, 0) is 6.42 Å². The minimum atomic E-state index is -0.240. The molecule has 1 aromatic carbocycles. The fraction of sp³-hybridized carbons (Fsp3) is 0.538. The zero-order valence-electron chi connectivity index (χ0n) is 9.76. The molecule has 1 fully saturated rings. The second-order valence-electron chi connectivity index (χ2n) is 4.76. The minimum absolute atomic E-state index is 0.160. The number of hydrogen-bond acceptors (Lipinski definition) is 2. The first kappa shape index (κ1) is 12.8. The maximum absolute atomic E-state index is 13.7. The van der Waals surface area contributed by atoms with Gasteiger partial charge in [-0.2, -0.15) is 0 Å². The Balaban J connectivity index is 2.06. The van der Waals surface area contributed by atoms with E-state index in [2.05, 4.69) is 5.43 Å². The van der Waals surface area contributed by atoms with Gasteiger partial charge in [-0.3, -0.25) is 11.3 Å². The third-order valence-electron chi connectivity index (χ3n) is 3.64. The summed E-state index contributed by atoms with van der Waals surface area (Å²) in [5, 5.41) is 0.435. The van der Waals surface area contributed by atoms with Gasteiger partial charge in [-0.05, 0) is 42.9 Å². The van der Waals surface area contributed by atoms with Gasteiger partial charge in [0.15, 0.2) is 0 Å². The van der Waals surface area contributed by atoms with E-state index in [0.29, 0.717) is 22.9 Å². The Morgan fingerprint density at radius 1 is 1.41 bits per heavy atom. The molecule has 1 saturated carbocycles. The highest BCUT2D eigenvalue weighted by molar-refractivity contribution is 6.30. The van der Waals surface area contributed by atoms with Crippen molar-refractivity contribution < 1.29 is 4.39 Å². The van der Waals surface area contributed by atoms with Crippen LogP contribution < -0.4 is 11.3 Å². The lowest BCUT2D eigenvalue weighted by Gasteiger charge is -2.22. The quantitative estimate of drug-likeness (QED) is 0.642. The highest BCUT2D eigenvalue weighted by Crippen LogP contribution is 2.29. The van der Waals surface area contributed by atoms with E-state index in [1.165, 1.54) is 31.7 Å². The van der Waals surface area contributed by atoms with Crippen LogP contribution >= 0.6 is 11.6 Å². The van der Waals surface area contributed by atoms with Crippen molar-refractivity contribution in [3.8, 4) is 0 Å². The molecule has 0 bridgehead atoms.